The van der Waals surface area contributed by atoms with Crippen molar-refractivity contribution >= 4 is 10.9 Å². The number of para-hydroxylation sites is 1. The summed E-state index contributed by atoms with van der Waals surface area (Å²) in [5, 5.41) is 0.679. The van der Waals surface area contributed by atoms with Gasteiger partial charge < -0.3 is 0 Å². The second-order valence-corrected chi connectivity index (χ2v) is 3.36. The van der Waals surface area contributed by atoms with E-state index in [0.29, 0.717) is 23.0 Å². The summed E-state index contributed by atoms with van der Waals surface area (Å²) in [6.45, 7) is 1.77. The van der Waals surface area contributed by atoms with E-state index < -0.39 is 12.0 Å². The molecule has 0 saturated carbocycles. The SMILES string of the molecule is CCc1nc(C(F)(F)F)nc2ccccc12. The highest BCUT2D eigenvalue weighted by Gasteiger charge is 2.35. The average molecular weight is 226 g/mol. The van der Waals surface area contributed by atoms with E-state index in [4.69, 9.17) is 0 Å². The highest BCUT2D eigenvalue weighted by Crippen LogP contribution is 2.28. The van der Waals surface area contributed by atoms with E-state index in [-0.39, 0.29) is 0 Å². The number of nitrogens with zero attached hydrogens (tertiary/aromatic N) is 2. The predicted molar refractivity (Wildman–Crippen MR) is 53.9 cm³/mol. The van der Waals surface area contributed by atoms with E-state index in [2.05, 4.69) is 9.97 Å². The summed E-state index contributed by atoms with van der Waals surface area (Å²) < 4.78 is 37.5. The van der Waals surface area contributed by atoms with E-state index in [0.717, 1.165) is 0 Å². The molecule has 1 aromatic heterocycles. The Morgan fingerprint density at radius 3 is 2.44 bits per heavy atom. The molecule has 0 saturated heterocycles. The lowest BCUT2D eigenvalue weighted by Crippen LogP contribution is -2.12. The van der Waals surface area contributed by atoms with Gasteiger partial charge in [-0.15, -0.1) is 0 Å². The molecule has 0 aliphatic carbocycles. The highest BCUT2D eigenvalue weighted by atomic mass is 19.4. The van der Waals surface area contributed by atoms with Crippen molar-refractivity contribution in [3.8, 4) is 0 Å². The van der Waals surface area contributed by atoms with Crippen LogP contribution in [0, 0.1) is 0 Å². The van der Waals surface area contributed by atoms with Crippen molar-refractivity contribution < 1.29 is 13.2 Å². The average Bonchev–Trinajstić information content (AvgIpc) is 2.26. The molecular formula is C11H9F3N2. The smallest absolute Gasteiger partial charge is 0.229 e. The Morgan fingerprint density at radius 1 is 1.12 bits per heavy atom. The lowest BCUT2D eigenvalue weighted by Gasteiger charge is -2.09. The van der Waals surface area contributed by atoms with E-state index in [1.807, 2.05) is 0 Å². The van der Waals surface area contributed by atoms with Gasteiger partial charge in [0, 0.05) is 5.39 Å². The minimum Gasteiger partial charge on any atom is -0.229 e. The van der Waals surface area contributed by atoms with Gasteiger partial charge in [0.2, 0.25) is 5.82 Å². The van der Waals surface area contributed by atoms with Crippen LogP contribution in [0.25, 0.3) is 10.9 Å². The maximum Gasteiger partial charge on any atom is 0.451 e. The summed E-state index contributed by atoms with van der Waals surface area (Å²) in [7, 11) is 0. The van der Waals surface area contributed by atoms with Gasteiger partial charge in [-0.2, -0.15) is 13.2 Å². The van der Waals surface area contributed by atoms with Crippen LogP contribution in [0.2, 0.25) is 0 Å². The van der Waals surface area contributed by atoms with Gasteiger partial charge in [-0.25, -0.2) is 9.97 Å². The minimum absolute atomic E-state index is 0.335. The lowest BCUT2D eigenvalue weighted by molar-refractivity contribution is -0.144. The first kappa shape index (κ1) is 10.9. The lowest BCUT2D eigenvalue weighted by atomic mass is 10.1. The first-order valence-electron chi connectivity index (χ1n) is 4.85. The molecule has 0 amide bonds. The van der Waals surface area contributed by atoms with Crippen LogP contribution >= 0.6 is 0 Å². The molecule has 0 unspecified atom stereocenters. The minimum atomic E-state index is -4.49. The normalized spacial score (nSPS) is 12.0. The summed E-state index contributed by atoms with van der Waals surface area (Å²) in [5.74, 6) is -1.07. The molecule has 0 radical (unpaired) electrons. The molecule has 0 aliphatic heterocycles. The molecule has 1 heterocycles. The number of hydrogen-bond acceptors (Lipinski definition) is 2. The van der Waals surface area contributed by atoms with Gasteiger partial charge in [-0.1, -0.05) is 25.1 Å². The Morgan fingerprint density at radius 2 is 1.81 bits per heavy atom. The Labute approximate surface area is 90.1 Å². The molecule has 0 N–H and O–H groups in total. The third-order valence-electron chi connectivity index (χ3n) is 2.27. The number of halogens is 3. The quantitative estimate of drug-likeness (QED) is 0.746. The zero-order chi connectivity index (χ0) is 11.8. The number of alkyl halides is 3. The monoisotopic (exact) mass is 226 g/mol. The van der Waals surface area contributed by atoms with Crippen LogP contribution in [0.3, 0.4) is 0 Å². The van der Waals surface area contributed by atoms with Crippen LogP contribution in [0.4, 0.5) is 13.2 Å². The molecule has 16 heavy (non-hydrogen) atoms. The van der Waals surface area contributed by atoms with Crippen molar-refractivity contribution in [2.45, 2.75) is 19.5 Å². The van der Waals surface area contributed by atoms with Gasteiger partial charge in [0.15, 0.2) is 0 Å². The first-order valence-corrected chi connectivity index (χ1v) is 4.85. The van der Waals surface area contributed by atoms with Gasteiger partial charge in [-0.05, 0) is 12.5 Å². The van der Waals surface area contributed by atoms with Crippen molar-refractivity contribution in [1.82, 2.24) is 9.97 Å². The molecule has 2 rings (SSSR count). The molecule has 1 aromatic carbocycles. The third kappa shape index (κ3) is 1.85. The Bertz CT molecular complexity index is 520. The summed E-state index contributed by atoms with van der Waals surface area (Å²) in [4.78, 5) is 7.07. The highest BCUT2D eigenvalue weighted by molar-refractivity contribution is 5.80. The number of hydrogen-bond donors (Lipinski definition) is 0. The molecule has 0 spiro atoms. The van der Waals surface area contributed by atoms with Gasteiger partial charge in [-0.3, -0.25) is 0 Å². The Balaban J connectivity index is 2.73. The number of fused-ring (bicyclic) bond motifs is 1. The molecule has 0 fully saturated rings. The van der Waals surface area contributed by atoms with E-state index >= 15 is 0 Å². The fourth-order valence-electron chi connectivity index (χ4n) is 1.54. The van der Waals surface area contributed by atoms with Crippen LogP contribution < -0.4 is 0 Å². The van der Waals surface area contributed by atoms with Crippen molar-refractivity contribution in [3.63, 3.8) is 0 Å². The summed E-state index contributed by atoms with van der Waals surface area (Å²) in [6.07, 6.45) is -4.04. The summed E-state index contributed by atoms with van der Waals surface area (Å²) in [6, 6.07) is 6.72. The number of rotatable bonds is 1. The molecule has 84 valence electrons. The zero-order valence-electron chi connectivity index (χ0n) is 8.54. The molecule has 0 aliphatic rings. The van der Waals surface area contributed by atoms with Crippen molar-refractivity contribution in [1.29, 1.82) is 0 Å². The van der Waals surface area contributed by atoms with Crippen LogP contribution in [-0.2, 0) is 12.6 Å². The van der Waals surface area contributed by atoms with Crippen LogP contribution in [0.5, 0.6) is 0 Å². The van der Waals surface area contributed by atoms with Crippen LogP contribution in [0.15, 0.2) is 24.3 Å². The Hall–Kier alpha value is -1.65. The summed E-state index contributed by atoms with van der Waals surface area (Å²) in [5.41, 5.74) is 0.764. The third-order valence-corrected chi connectivity index (χ3v) is 2.27. The molecular weight excluding hydrogens is 217 g/mol. The molecule has 0 bridgehead atoms. The zero-order valence-corrected chi connectivity index (χ0v) is 8.54. The van der Waals surface area contributed by atoms with Crippen molar-refractivity contribution in [3.05, 3.63) is 35.8 Å². The Kier molecular flexibility index (Phi) is 2.53. The van der Waals surface area contributed by atoms with Gasteiger partial charge in [0.1, 0.15) is 0 Å². The molecule has 2 nitrogen and oxygen atoms in total. The fraction of sp³-hybridized carbons (Fsp3) is 0.273. The van der Waals surface area contributed by atoms with Crippen molar-refractivity contribution in [2.24, 2.45) is 0 Å². The van der Waals surface area contributed by atoms with Gasteiger partial charge in [0.25, 0.3) is 0 Å². The number of aromatic nitrogens is 2. The number of benzene rings is 1. The van der Waals surface area contributed by atoms with E-state index in [1.165, 1.54) is 0 Å². The van der Waals surface area contributed by atoms with Gasteiger partial charge in [0.05, 0.1) is 11.2 Å². The molecule has 5 heteroatoms. The standard InChI is InChI=1S/C11H9F3N2/c1-2-8-7-5-3-4-6-9(7)16-10(15-8)11(12,13)14/h3-6H,2H2,1H3. The molecule has 0 atom stereocenters. The van der Waals surface area contributed by atoms with E-state index in [1.54, 1.807) is 31.2 Å². The second kappa shape index (κ2) is 3.73. The second-order valence-electron chi connectivity index (χ2n) is 3.36. The topological polar surface area (TPSA) is 25.8 Å². The van der Waals surface area contributed by atoms with Crippen LogP contribution in [-0.4, -0.2) is 9.97 Å². The van der Waals surface area contributed by atoms with E-state index in [9.17, 15) is 13.2 Å². The largest absolute Gasteiger partial charge is 0.451 e. The van der Waals surface area contributed by atoms with Crippen LogP contribution in [0.1, 0.15) is 18.4 Å². The summed E-state index contributed by atoms with van der Waals surface area (Å²) >= 11 is 0. The predicted octanol–water partition coefficient (Wildman–Crippen LogP) is 3.21. The maximum atomic E-state index is 12.5. The molecule has 2 aromatic rings. The van der Waals surface area contributed by atoms with Crippen molar-refractivity contribution in [2.75, 3.05) is 0 Å². The maximum absolute atomic E-state index is 12.5. The first-order chi connectivity index (χ1) is 7.52. The fourth-order valence-corrected chi connectivity index (χ4v) is 1.54. The number of aryl methyl sites for hydroxylation is 1. The van der Waals surface area contributed by atoms with Gasteiger partial charge >= 0.3 is 6.18 Å².